The Morgan fingerprint density at radius 1 is 1.20 bits per heavy atom. The minimum Gasteiger partial charge on any atom is -0.733 e. The maximum absolute atomic E-state index is 11.6. The predicted octanol–water partition coefficient (Wildman–Crippen LogP) is -0.495. The Labute approximate surface area is 112 Å². The largest absolute Gasteiger partial charge is 0.733 e. The Kier molecular flexibility index (Phi) is 4.83. The zero-order valence-electron chi connectivity index (χ0n) is 10.1. The number of rotatable bonds is 5. The molecule has 0 aromatic heterocycles. The molecule has 20 heavy (non-hydrogen) atoms. The minimum atomic E-state index is -1.85. The molecule has 0 spiro atoms. The van der Waals surface area contributed by atoms with Crippen molar-refractivity contribution in [2.45, 2.75) is 6.92 Å². The molecule has 0 fully saturated rings. The number of carboxylic acid groups (broad SMARTS) is 1. The number of nitrogens with zero attached hydrogens (tertiary/aromatic N) is 2. The van der Waals surface area contributed by atoms with E-state index in [9.17, 15) is 19.9 Å². The van der Waals surface area contributed by atoms with Gasteiger partial charge in [-0.2, -0.15) is 0 Å². The average molecular weight is 286 g/mol. The van der Waals surface area contributed by atoms with Crippen molar-refractivity contribution in [1.29, 1.82) is 0 Å². The van der Waals surface area contributed by atoms with Gasteiger partial charge in [0.15, 0.2) is 0 Å². The lowest BCUT2D eigenvalue weighted by atomic mass is 10.1. The van der Waals surface area contributed by atoms with E-state index in [1.54, 1.807) is 0 Å². The summed E-state index contributed by atoms with van der Waals surface area (Å²) in [6.45, 7) is 1.43. The molecule has 0 unspecified atom stereocenters. The number of benzene rings is 1. The van der Waals surface area contributed by atoms with Crippen LogP contribution in [-0.4, -0.2) is 34.2 Å². The molecule has 0 bridgehead atoms. The summed E-state index contributed by atoms with van der Waals surface area (Å²) >= 11 is 0. The van der Waals surface area contributed by atoms with E-state index >= 15 is 0 Å². The summed E-state index contributed by atoms with van der Waals surface area (Å²) < 4.78 is 4.60. The van der Waals surface area contributed by atoms with Crippen molar-refractivity contribution in [2.24, 2.45) is 0 Å². The molecule has 0 saturated carbocycles. The number of carbonyl (C=O) groups is 2. The number of hydrogen-bond acceptors (Lipinski definition) is 10. The van der Waals surface area contributed by atoms with Gasteiger partial charge in [0, 0.05) is 5.56 Å². The highest BCUT2D eigenvalue weighted by Gasteiger charge is 2.20. The first-order chi connectivity index (χ1) is 9.29. The van der Waals surface area contributed by atoms with E-state index < -0.39 is 44.9 Å². The highest BCUT2D eigenvalue weighted by molar-refractivity contribution is 6.02. The van der Waals surface area contributed by atoms with Gasteiger partial charge < -0.3 is 25.1 Å². The van der Waals surface area contributed by atoms with Crippen LogP contribution in [0.4, 0.5) is 11.4 Å². The number of hydrogen-bond donors (Lipinski definition) is 3. The second-order valence-electron chi connectivity index (χ2n) is 3.46. The summed E-state index contributed by atoms with van der Waals surface area (Å²) in [4.78, 5) is 22.4. The molecule has 0 amide bonds. The lowest BCUT2D eigenvalue weighted by Gasteiger charge is -2.27. The summed E-state index contributed by atoms with van der Waals surface area (Å²) in [7, 11) is 0. The van der Waals surface area contributed by atoms with Crippen LogP contribution in [0.2, 0.25) is 0 Å². The average Bonchev–Trinajstić information content (AvgIpc) is 2.36. The number of esters is 1. The number of aromatic carboxylic acids is 1. The number of anilines is 2. The van der Waals surface area contributed by atoms with Crippen LogP contribution >= 0.6 is 0 Å². The summed E-state index contributed by atoms with van der Waals surface area (Å²) in [5.41, 5.74) is -2.86. The van der Waals surface area contributed by atoms with Gasteiger partial charge in [0.25, 0.3) is 0 Å². The molecule has 1 rings (SSSR count). The third-order valence-corrected chi connectivity index (χ3v) is 2.25. The third kappa shape index (κ3) is 3.13. The molecule has 0 saturated heterocycles. The van der Waals surface area contributed by atoms with Gasteiger partial charge in [-0.15, -0.1) is 5.23 Å². The fourth-order valence-corrected chi connectivity index (χ4v) is 1.44. The molecule has 0 aliphatic carbocycles. The van der Waals surface area contributed by atoms with Gasteiger partial charge in [-0.25, -0.2) is 4.79 Å². The van der Waals surface area contributed by atoms with E-state index in [4.69, 9.17) is 15.6 Å². The van der Waals surface area contributed by atoms with Crippen molar-refractivity contribution < 1.29 is 35.1 Å². The molecule has 10 heteroatoms. The van der Waals surface area contributed by atoms with Crippen LogP contribution in [-0.2, 0) is 4.74 Å². The van der Waals surface area contributed by atoms with E-state index in [0.29, 0.717) is 12.1 Å². The third-order valence-electron chi connectivity index (χ3n) is 2.25. The van der Waals surface area contributed by atoms with E-state index in [1.165, 1.54) is 6.92 Å². The van der Waals surface area contributed by atoms with E-state index in [2.05, 4.69) is 4.74 Å². The van der Waals surface area contributed by atoms with Gasteiger partial charge in [0.05, 0.1) is 23.8 Å². The van der Waals surface area contributed by atoms with Crippen LogP contribution in [0, 0.1) is 5.21 Å². The summed E-state index contributed by atoms with van der Waals surface area (Å²) in [6, 6.07) is 1.20. The smallest absolute Gasteiger partial charge is 0.340 e. The predicted molar refractivity (Wildman–Crippen MR) is 60.4 cm³/mol. The van der Waals surface area contributed by atoms with E-state index in [1.807, 2.05) is 0 Å². The quantitative estimate of drug-likeness (QED) is 0.476. The molecule has 1 aromatic carbocycles. The fourth-order valence-electron chi connectivity index (χ4n) is 1.44. The Morgan fingerprint density at radius 2 is 1.80 bits per heavy atom. The maximum atomic E-state index is 11.6. The first kappa shape index (κ1) is 15.7. The maximum Gasteiger partial charge on any atom is 0.340 e. The Balaban J connectivity index is 3.53. The number of carboxylic acids is 1. The first-order valence-electron chi connectivity index (χ1n) is 5.20. The van der Waals surface area contributed by atoms with Gasteiger partial charge >= 0.3 is 5.97 Å². The molecule has 0 radical (unpaired) electrons. The monoisotopic (exact) mass is 286 g/mol. The van der Waals surface area contributed by atoms with Gasteiger partial charge in [-0.05, 0) is 19.1 Å². The van der Waals surface area contributed by atoms with Gasteiger partial charge in [0.1, 0.15) is 5.69 Å². The molecule has 0 atom stereocenters. The van der Waals surface area contributed by atoms with E-state index in [-0.39, 0.29) is 6.61 Å². The topological polar surface area (TPSA) is 157 Å². The zero-order chi connectivity index (χ0) is 15.4. The second-order valence-corrected chi connectivity index (χ2v) is 3.46. The molecule has 3 N–H and O–H groups in total. The lowest BCUT2D eigenvalue weighted by molar-refractivity contribution is -0.255. The van der Waals surface area contributed by atoms with Crippen LogP contribution < -0.4 is 15.6 Å². The molecule has 10 nitrogen and oxygen atoms in total. The Bertz CT molecular complexity index is 528. The van der Waals surface area contributed by atoms with E-state index in [0.717, 1.165) is 0 Å². The van der Waals surface area contributed by atoms with Crippen LogP contribution in [0.3, 0.4) is 0 Å². The molecular formula is C10H10N2O8-2. The van der Waals surface area contributed by atoms with Crippen molar-refractivity contribution in [3.05, 3.63) is 28.5 Å². The normalized spacial score (nSPS) is 10.1. The van der Waals surface area contributed by atoms with Gasteiger partial charge in [0.2, 0.25) is 0 Å². The van der Waals surface area contributed by atoms with Crippen LogP contribution in [0.1, 0.15) is 27.6 Å². The van der Waals surface area contributed by atoms with Crippen molar-refractivity contribution in [3.63, 3.8) is 0 Å². The minimum absolute atomic E-state index is 0.0504. The molecule has 0 aliphatic heterocycles. The SMILES string of the molecule is CCOC(=O)c1cc(C(=O)[O-])c(N([O-])O)cc1N(O)O. The summed E-state index contributed by atoms with van der Waals surface area (Å²) in [5.74, 6) is -2.91. The highest BCUT2D eigenvalue weighted by atomic mass is 16.8. The molecule has 110 valence electrons. The standard InChI is InChI=1S/C10H11N2O8/c1-2-20-10(15)6-3-5(9(13)14)7(11(16)17)4-8(6)12(18)19/h3-4,16,18-19H,2H2,1H3,(H,13,14)/q-1/p-1. The van der Waals surface area contributed by atoms with Crippen LogP contribution in [0.15, 0.2) is 12.1 Å². The molecule has 0 heterocycles. The fraction of sp³-hybridized carbons (Fsp3) is 0.200. The first-order valence-corrected chi connectivity index (χ1v) is 5.20. The molecule has 0 aliphatic rings. The lowest BCUT2D eigenvalue weighted by Crippen LogP contribution is -2.27. The highest BCUT2D eigenvalue weighted by Crippen LogP contribution is 2.29. The number of ether oxygens (including phenoxy) is 1. The Hall–Kier alpha value is -2.40. The zero-order valence-corrected chi connectivity index (χ0v) is 10.1. The van der Waals surface area contributed by atoms with Crippen molar-refractivity contribution in [3.8, 4) is 0 Å². The van der Waals surface area contributed by atoms with Crippen LogP contribution in [0.25, 0.3) is 0 Å². The van der Waals surface area contributed by atoms with Gasteiger partial charge in [-0.1, -0.05) is 0 Å². The summed E-state index contributed by atoms with van der Waals surface area (Å²) in [6.07, 6.45) is 0. The number of carbonyl (C=O) groups excluding carboxylic acids is 2. The van der Waals surface area contributed by atoms with Crippen molar-refractivity contribution >= 4 is 23.3 Å². The molecular weight excluding hydrogens is 276 g/mol. The van der Waals surface area contributed by atoms with Crippen LogP contribution in [0.5, 0.6) is 0 Å². The summed E-state index contributed by atoms with van der Waals surface area (Å²) in [5, 5.41) is 47.1. The van der Waals surface area contributed by atoms with Gasteiger partial charge in [-0.3, -0.25) is 15.6 Å². The van der Waals surface area contributed by atoms with Crippen molar-refractivity contribution in [1.82, 2.24) is 0 Å². The van der Waals surface area contributed by atoms with Crippen molar-refractivity contribution in [2.75, 3.05) is 17.1 Å². The Morgan fingerprint density at radius 3 is 2.20 bits per heavy atom. The molecule has 1 aromatic rings. The second kappa shape index (κ2) is 6.16.